The lowest BCUT2D eigenvalue weighted by Gasteiger charge is -2.29. The van der Waals surface area contributed by atoms with Crippen molar-refractivity contribution >= 4 is 0 Å². The van der Waals surface area contributed by atoms with Crippen LogP contribution in [0.2, 0.25) is 0 Å². The van der Waals surface area contributed by atoms with E-state index in [1.165, 1.54) is 24.8 Å². The highest BCUT2D eigenvalue weighted by molar-refractivity contribution is 5.09. The first-order valence-corrected chi connectivity index (χ1v) is 5.74. The molecule has 0 amide bonds. The van der Waals surface area contributed by atoms with Crippen LogP contribution in [0.4, 0.5) is 0 Å². The Balaban J connectivity index is 1.82. The number of nitrogens with two attached hydrogens (primary N) is 1. The van der Waals surface area contributed by atoms with Gasteiger partial charge in [0.05, 0.1) is 0 Å². The van der Waals surface area contributed by atoms with Crippen molar-refractivity contribution in [2.75, 3.05) is 0 Å². The molecule has 2 rings (SSSR count). The summed E-state index contributed by atoms with van der Waals surface area (Å²) in [6.45, 7) is 0.904. The molecule has 1 aliphatic rings. The van der Waals surface area contributed by atoms with Gasteiger partial charge in [-0.3, -0.25) is 4.98 Å². The molecule has 3 nitrogen and oxygen atoms in total. The van der Waals surface area contributed by atoms with Crippen molar-refractivity contribution in [1.82, 2.24) is 10.3 Å². The molecule has 1 aromatic heterocycles. The van der Waals surface area contributed by atoms with Gasteiger partial charge in [-0.1, -0.05) is 12.8 Å². The second-order valence-corrected chi connectivity index (χ2v) is 4.29. The van der Waals surface area contributed by atoms with E-state index in [0.29, 0.717) is 12.1 Å². The smallest absolute Gasteiger partial charge is 0.0271 e. The van der Waals surface area contributed by atoms with Crippen molar-refractivity contribution in [3.05, 3.63) is 30.1 Å². The van der Waals surface area contributed by atoms with E-state index in [1.807, 2.05) is 24.5 Å². The van der Waals surface area contributed by atoms with Gasteiger partial charge in [0.15, 0.2) is 0 Å². The number of rotatable bonds is 3. The fourth-order valence-electron chi connectivity index (χ4n) is 2.16. The molecule has 1 saturated carbocycles. The van der Waals surface area contributed by atoms with Crippen LogP contribution in [-0.4, -0.2) is 17.1 Å². The molecule has 1 fully saturated rings. The van der Waals surface area contributed by atoms with Gasteiger partial charge in [0.25, 0.3) is 0 Å². The third-order valence-corrected chi connectivity index (χ3v) is 3.14. The van der Waals surface area contributed by atoms with E-state index in [2.05, 4.69) is 10.3 Å². The van der Waals surface area contributed by atoms with Crippen LogP contribution in [0.25, 0.3) is 0 Å². The van der Waals surface area contributed by atoms with Gasteiger partial charge in [0.1, 0.15) is 0 Å². The van der Waals surface area contributed by atoms with Gasteiger partial charge < -0.3 is 11.1 Å². The minimum absolute atomic E-state index is 0.334. The number of nitrogens with one attached hydrogen (secondary N) is 1. The van der Waals surface area contributed by atoms with E-state index < -0.39 is 0 Å². The number of hydrogen-bond donors (Lipinski definition) is 2. The maximum Gasteiger partial charge on any atom is 0.0271 e. The largest absolute Gasteiger partial charge is 0.326 e. The molecular formula is C12H19N3. The van der Waals surface area contributed by atoms with E-state index in [9.17, 15) is 0 Å². The van der Waals surface area contributed by atoms with Gasteiger partial charge >= 0.3 is 0 Å². The molecular weight excluding hydrogens is 186 g/mol. The minimum Gasteiger partial charge on any atom is -0.326 e. The highest BCUT2D eigenvalue weighted by atomic mass is 15.0. The van der Waals surface area contributed by atoms with E-state index in [-0.39, 0.29) is 0 Å². The molecule has 1 heterocycles. The third kappa shape index (κ3) is 3.01. The van der Waals surface area contributed by atoms with Crippen molar-refractivity contribution in [1.29, 1.82) is 0 Å². The summed E-state index contributed by atoms with van der Waals surface area (Å²) >= 11 is 0. The highest BCUT2D eigenvalue weighted by Gasteiger charge is 2.20. The Bertz CT molecular complexity index is 286. The van der Waals surface area contributed by atoms with Crippen LogP contribution in [0, 0.1) is 0 Å². The second-order valence-electron chi connectivity index (χ2n) is 4.29. The van der Waals surface area contributed by atoms with Gasteiger partial charge in [0, 0.05) is 31.0 Å². The number of aromatic nitrogens is 1. The zero-order chi connectivity index (χ0) is 10.5. The predicted molar refractivity (Wildman–Crippen MR) is 61.3 cm³/mol. The maximum atomic E-state index is 6.07. The Morgan fingerprint density at radius 2 is 2.00 bits per heavy atom. The van der Waals surface area contributed by atoms with Gasteiger partial charge in [0.2, 0.25) is 0 Å². The van der Waals surface area contributed by atoms with E-state index >= 15 is 0 Å². The number of pyridine rings is 1. The first-order valence-electron chi connectivity index (χ1n) is 5.74. The average molecular weight is 205 g/mol. The van der Waals surface area contributed by atoms with Gasteiger partial charge in [-0.25, -0.2) is 0 Å². The maximum absolute atomic E-state index is 6.07. The molecule has 1 aromatic rings. The molecule has 3 heteroatoms. The van der Waals surface area contributed by atoms with Crippen molar-refractivity contribution in [2.24, 2.45) is 5.73 Å². The first-order chi connectivity index (χ1) is 7.36. The summed E-state index contributed by atoms with van der Waals surface area (Å²) in [4.78, 5) is 4.00. The summed E-state index contributed by atoms with van der Waals surface area (Å²) in [5.74, 6) is 0. The molecule has 2 atom stereocenters. The molecule has 0 unspecified atom stereocenters. The van der Waals surface area contributed by atoms with E-state index in [0.717, 1.165) is 13.0 Å². The third-order valence-electron chi connectivity index (χ3n) is 3.14. The molecule has 0 bridgehead atoms. The van der Waals surface area contributed by atoms with Crippen LogP contribution < -0.4 is 11.1 Å². The monoisotopic (exact) mass is 205 g/mol. The summed E-state index contributed by atoms with van der Waals surface area (Å²) in [6, 6.07) is 4.91. The summed E-state index contributed by atoms with van der Waals surface area (Å²) in [5, 5.41) is 3.53. The standard InChI is InChI=1S/C12H19N3/c13-11-3-1-2-4-12(11)15-9-10-5-7-14-8-6-10/h5-8,11-12,15H,1-4,9,13H2/t11-,12-/m1/s1. The predicted octanol–water partition coefficient (Wildman–Crippen LogP) is 1.44. The molecule has 0 radical (unpaired) electrons. The highest BCUT2D eigenvalue weighted by Crippen LogP contribution is 2.17. The lowest BCUT2D eigenvalue weighted by molar-refractivity contribution is 0.326. The molecule has 82 valence electrons. The van der Waals surface area contributed by atoms with Gasteiger partial charge in [-0.15, -0.1) is 0 Å². The van der Waals surface area contributed by atoms with Gasteiger partial charge in [-0.05, 0) is 30.5 Å². The number of nitrogens with zero attached hydrogens (tertiary/aromatic N) is 1. The summed E-state index contributed by atoms with van der Waals surface area (Å²) < 4.78 is 0. The fourth-order valence-corrected chi connectivity index (χ4v) is 2.16. The quantitative estimate of drug-likeness (QED) is 0.785. The van der Waals surface area contributed by atoms with Crippen LogP contribution in [0.1, 0.15) is 31.2 Å². The number of hydrogen-bond acceptors (Lipinski definition) is 3. The Morgan fingerprint density at radius 1 is 1.27 bits per heavy atom. The Hall–Kier alpha value is -0.930. The van der Waals surface area contributed by atoms with Crippen molar-refractivity contribution < 1.29 is 0 Å². The average Bonchev–Trinajstić information content (AvgIpc) is 2.29. The zero-order valence-corrected chi connectivity index (χ0v) is 9.02. The normalized spacial score (nSPS) is 26.5. The molecule has 0 aliphatic heterocycles. The Kier molecular flexibility index (Phi) is 3.69. The van der Waals surface area contributed by atoms with Crippen LogP contribution in [0.5, 0.6) is 0 Å². The topological polar surface area (TPSA) is 50.9 Å². The molecule has 0 spiro atoms. The van der Waals surface area contributed by atoms with Crippen molar-refractivity contribution in [3.8, 4) is 0 Å². The lowest BCUT2D eigenvalue weighted by Crippen LogP contribution is -2.46. The fraction of sp³-hybridized carbons (Fsp3) is 0.583. The SMILES string of the molecule is N[C@@H]1CCCC[C@H]1NCc1ccncc1. The van der Waals surface area contributed by atoms with E-state index in [1.54, 1.807) is 0 Å². The molecule has 0 saturated heterocycles. The molecule has 1 aliphatic carbocycles. The van der Waals surface area contributed by atoms with Gasteiger partial charge in [-0.2, -0.15) is 0 Å². The summed E-state index contributed by atoms with van der Waals surface area (Å²) in [5.41, 5.74) is 7.35. The zero-order valence-electron chi connectivity index (χ0n) is 9.02. The van der Waals surface area contributed by atoms with Crippen LogP contribution in [-0.2, 0) is 6.54 Å². The first kappa shape index (κ1) is 10.6. The van der Waals surface area contributed by atoms with Crippen LogP contribution in [0.15, 0.2) is 24.5 Å². The van der Waals surface area contributed by atoms with Crippen LogP contribution >= 0.6 is 0 Å². The molecule has 15 heavy (non-hydrogen) atoms. The van der Waals surface area contributed by atoms with Crippen LogP contribution in [0.3, 0.4) is 0 Å². The molecule has 0 aromatic carbocycles. The second kappa shape index (κ2) is 5.24. The molecule has 3 N–H and O–H groups in total. The lowest BCUT2D eigenvalue weighted by atomic mass is 9.91. The summed E-state index contributed by atoms with van der Waals surface area (Å²) in [6.07, 6.45) is 8.63. The van der Waals surface area contributed by atoms with Crippen molar-refractivity contribution in [3.63, 3.8) is 0 Å². The summed E-state index contributed by atoms with van der Waals surface area (Å²) in [7, 11) is 0. The van der Waals surface area contributed by atoms with E-state index in [4.69, 9.17) is 5.73 Å². The van der Waals surface area contributed by atoms with Crippen molar-refractivity contribution in [2.45, 2.75) is 44.3 Å². The minimum atomic E-state index is 0.334. The Labute approximate surface area is 91.1 Å². The Morgan fingerprint density at radius 3 is 2.73 bits per heavy atom.